The first-order valence-corrected chi connectivity index (χ1v) is 5.64. The van der Waals surface area contributed by atoms with Crippen LogP contribution >= 0.6 is 23.4 Å². The van der Waals surface area contributed by atoms with E-state index >= 15 is 0 Å². The normalized spacial score (nSPS) is 12.1. The number of rotatable bonds is 4. The van der Waals surface area contributed by atoms with Gasteiger partial charge in [0, 0.05) is 16.8 Å². The molecule has 6 heteroatoms. The molecular weight excluding hydrogens is 236 g/mol. The van der Waals surface area contributed by atoms with Crippen molar-refractivity contribution in [1.82, 2.24) is 4.98 Å². The molecule has 1 atom stereocenters. The van der Waals surface area contributed by atoms with Crippen LogP contribution in [0.1, 0.15) is 6.92 Å². The predicted molar refractivity (Wildman–Crippen MR) is 60.1 cm³/mol. The van der Waals surface area contributed by atoms with E-state index in [1.165, 1.54) is 11.8 Å². The molecule has 0 fully saturated rings. The molecule has 1 amide bonds. The number of hydrogen-bond acceptors (Lipinski definition) is 4. The van der Waals surface area contributed by atoms with Crippen molar-refractivity contribution in [2.24, 2.45) is 5.73 Å². The molecule has 0 radical (unpaired) electrons. The van der Waals surface area contributed by atoms with Gasteiger partial charge < -0.3 is 10.5 Å². The molecule has 0 saturated heterocycles. The number of thioether (sulfide) groups is 1. The number of primary amides is 1. The molecule has 0 saturated carbocycles. The number of pyridine rings is 1. The van der Waals surface area contributed by atoms with Gasteiger partial charge in [-0.2, -0.15) is 0 Å². The Hall–Kier alpha value is -0.940. The number of carbonyl (C=O) groups excluding carboxylic acids is 1. The number of ether oxygens (including phenoxy) is 1. The fourth-order valence-electron chi connectivity index (χ4n) is 0.920. The zero-order chi connectivity index (χ0) is 11.3. The largest absolute Gasteiger partial charge is 0.446 e. The molecule has 0 aromatic carbocycles. The molecule has 0 aliphatic heterocycles. The second kappa shape index (κ2) is 5.82. The summed E-state index contributed by atoms with van der Waals surface area (Å²) >= 11 is 7.24. The van der Waals surface area contributed by atoms with Crippen LogP contribution in [-0.4, -0.2) is 22.9 Å². The highest BCUT2D eigenvalue weighted by Crippen LogP contribution is 2.21. The molecule has 0 spiro atoms. The van der Waals surface area contributed by atoms with Gasteiger partial charge in [-0.1, -0.05) is 11.6 Å². The second-order valence-electron chi connectivity index (χ2n) is 2.87. The van der Waals surface area contributed by atoms with Crippen molar-refractivity contribution in [1.29, 1.82) is 0 Å². The summed E-state index contributed by atoms with van der Waals surface area (Å²) < 4.78 is 4.77. The predicted octanol–water partition coefficient (Wildman–Crippen LogP) is 2.31. The van der Waals surface area contributed by atoms with Crippen LogP contribution in [-0.2, 0) is 4.74 Å². The van der Waals surface area contributed by atoms with E-state index < -0.39 is 6.09 Å². The Balaban J connectivity index is 2.40. The zero-order valence-corrected chi connectivity index (χ0v) is 9.72. The minimum absolute atomic E-state index is 0.223. The summed E-state index contributed by atoms with van der Waals surface area (Å²) in [5.74, 6) is 0.628. The van der Waals surface area contributed by atoms with Crippen molar-refractivity contribution in [3.05, 3.63) is 23.5 Å². The number of hydrogen-bond donors (Lipinski definition) is 1. The molecule has 4 nitrogen and oxygen atoms in total. The Morgan fingerprint density at radius 3 is 3.13 bits per heavy atom. The number of amides is 1. The van der Waals surface area contributed by atoms with Crippen LogP contribution in [0.2, 0.25) is 5.15 Å². The molecule has 82 valence electrons. The molecule has 0 aliphatic carbocycles. The average Bonchev–Trinajstić information content (AvgIpc) is 2.14. The molecule has 1 unspecified atom stereocenters. The van der Waals surface area contributed by atoms with E-state index in [4.69, 9.17) is 22.1 Å². The van der Waals surface area contributed by atoms with Crippen molar-refractivity contribution < 1.29 is 9.53 Å². The van der Waals surface area contributed by atoms with E-state index in [1.54, 1.807) is 19.2 Å². The summed E-state index contributed by atoms with van der Waals surface area (Å²) in [7, 11) is 0. The SMILES string of the molecule is CC(CSc1ccnc(Cl)c1)OC(N)=O. The lowest BCUT2D eigenvalue weighted by Crippen LogP contribution is -2.21. The highest BCUT2D eigenvalue weighted by Gasteiger charge is 2.06. The van der Waals surface area contributed by atoms with Gasteiger partial charge in [0.15, 0.2) is 0 Å². The molecular formula is C9H11ClN2O2S. The van der Waals surface area contributed by atoms with Crippen LogP contribution in [0.15, 0.2) is 23.2 Å². The molecule has 1 rings (SSSR count). The molecule has 1 aromatic rings. The van der Waals surface area contributed by atoms with E-state index in [0.717, 1.165) is 4.90 Å². The fraction of sp³-hybridized carbons (Fsp3) is 0.333. The van der Waals surface area contributed by atoms with Gasteiger partial charge in [-0.05, 0) is 19.1 Å². The molecule has 0 bridgehead atoms. The standard InChI is InChI=1S/C9H11ClN2O2S/c1-6(14-9(11)13)5-15-7-2-3-12-8(10)4-7/h2-4,6H,5H2,1H3,(H2,11,13). The Morgan fingerprint density at radius 2 is 2.53 bits per heavy atom. The molecule has 2 N–H and O–H groups in total. The lowest BCUT2D eigenvalue weighted by molar-refractivity contribution is 0.127. The minimum Gasteiger partial charge on any atom is -0.446 e. The lowest BCUT2D eigenvalue weighted by atomic mass is 10.5. The van der Waals surface area contributed by atoms with Crippen molar-refractivity contribution in [3.63, 3.8) is 0 Å². The lowest BCUT2D eigenvalue weighted by Gasteiger charge is -2.10. The fourth-order valence-corrected chi connectivity index (χ4v) is 2.01. The van der Waals surface area contributed by atoms with Gasteiger partial charge in [0.25, 0.3) is 0 Å². The Labute approximate surface area is 97.2 Å². The summed E-state index contributed by atoms with van der Waals surface area (Å²) in [6.45, 7) is 1.78. The van der Waals surface area contributed by atoms with Crippen LogP contribution in [0.4, 0.5) is 4.79 Å². The van der Waals surface area contributed by atoms with Crippen LogP contribution in [0.25, 0.3) is 0 Å². The Bertz CT molecular complexity index is 349. The summed E-state index contributed by atoms with van der Waals surface area (Å²) in [5, 5.41) is 0.448. The van der Waals surface area contributed by atoms with Crippen LogP contribution in [0, 0.1) is 0 Å². The Morgan fingerprint density at radius 1 is 1.80 bits per heavy atom. The number of nitrogens with zero attached hydrogens (tertiary/aromatic N) is 1. The topological polar surface area (TPSA) is 65.2 Å². The third-order valence-corrected chi connectivity index (χ3v) is 2.93. The van der Waals surface area contributed by atoms with Gasteiger partial charge in [-0.15, -0.1) is 11.8 Å². The van der Waals surface area contributed by atoms with Gasteiger partial charge in [0.2, 0.25) is 0 Å². The van der Waals surface area contributed by atoms with Crippen LogP contribution in [0.3, 0.4) is 0 Å². The van der Waals surface area contributed by atoms with E-state index in [1.807, 2.05) is 6.07 Å². The van der Waals surface area contributed by atoms with Gasteiger partial charge in [0.1, 0.15) is 11.3 Å². The molecule has 1 aromatic heterocycles. The van der Waals surface area contributed by atoms with E-state index in [0.29, 0.717) is 10.9 Å². The smallest absolute Gasteiger partial charge is 0.404 e. The molecule has 15 heavy (non-hydrogen) atoms. The third-order valence-electron chi connectivity index (χ3n) is 1.50. The van der Waals surface area contributed by atoms with Crippen LogP contribution in [0.5, 0.6) is 0 Å². The van der Waals surface area contributed by atoms with Crippen molar-refractivity contribution >= 4 is 29.5 Å². The highest BCUT2D eigenvalue weighted by molar-refractivity contribution is 7.99. The quantitative estimate of drug-likeness (QED) is 0.654. The summed E-state index contributed by atoms with van der Waals surface area (Å²) in [6.07, 6.45) is 0.653. The number of nitrogens with two attached hydrogens (primary N) is 1. The average molecular weight is 247 g/mol. The molecule has 1 heterocycles. The summed E-state index contributed by atoms with van der Waals surface area (Å²) in [6, 6.07) is 3.59. The number of halogens is 1. The van der Waals surface area contributed by atoms with Crippen molar-refractivity contribution in [2.75, 3.05) is 5.75 Å². The molecule has 0 aliphatic rings. The highest BCUT2D eigenvalue weighted by atomic mass is 35.5. The number of carbonyl (C=O) groups is 1. The van der Waals surface area contributed by atoms with Gasteiger partial charge in [-0.3, -0.25) is 0 Å². The summed E-state index contributed by atoms with van der Waals surface area (Å²) in [5.41, 5.74) is 4.88. The van der Waals surface area contributed by atoms with Gasteiger partial charge in [0.05, 0.1) is 0 Å². The minimum atomic E-state index is -0.754. The second-order valence-corrected chi connectivity index (χ2v) is 4.35. The maximum Gasteiger partial charge on any atom is 0.404 e. The third kappa shape index (κ3) is 4.90. The van der Waals surface area contributed by atoms with Gasteiger partial charge in [-0.25, -0.2) is 9.78 Å². The van der Waals surface area contributed by atoms with Crippen molar-refractivity contribution in [2.45, 2.75) is 17.9 Å². The van der Waals surface area contributed by atoms with E-state index in [9.17, 15) is 4.79 Å². The van der Waals surface area contributed by atoms with Crippen LogP contribution < -0.4 is 5.73 Å². The van der Waals surface area contributed by atoms with E-state index in [-0.39, 0.29) is 6.10 Å². The summed E-state index contributed by atoms with van der Waals surface area (Å²) in [4.78, 5) is 15.3. The maximum atomic E-state index is 10.4. The number of aromatic nitrogens is 1. The Kier molecular flexibility index (Phi) is 4.71. The van der Waals surface area contributed by atoms with Crippen molar-refractivity contribution in [3.8, 4) is 0 Å². The first kappa shape index (κ1) is 12.1. The first-order chi connectivity index (χ1) is 7.08. The van der Waals surface area contributed by atoms with Gasteiger partial charge >= 0.3 is 6.09 Å². The maximum absolute atomic E-state index is 10.4. The van der Waals surface area contributed by atoms with E-state index in [2.05, 4.69) is 4.98 Å². The monoisotopic (exact) mass is 246 g/mol. The zero-order valence-electron chi connectivity index (χ0n) is 8.14. The first-order valence-electron chi connectivity index (χ1n) is 4.28.